The van der Waals surface area contributed by atoms with Gasteiger partial charge in [-0.25, -0.2) is 0 Å². The molecule has 9 heteroatoms. The van der Waals surface area contributed by atoms with Gasteiger partial charge in [0.05, 0.1) is 0 Å². The number of benzene rings is 2. The number of rotatable bonds is 8. The predicted molar refractivity (Wildman–Crippen MR) is 112 cm³/mol. The van der Waals surface area contributed by atoms with Crippen LogP contribution in [-0.2, 0) is 20.9 Å². The molecule has 0 saturated heterocycles. The van der Waals surface area contributed by atoms with E-state index in [1.165, 1.54) is 6.07 Å². The first-order valence-corrected chi connectivity index (χ1v) is 9.88. The quantitative estimate of drug-likeness (QED) is 0.411. The smallest absolute Gasteiger partial charge is 0.307 e. The number of hydrogen-bond acceptors (Lipinski definition) is 4. The Morgan fingerprint density at radius 3 is 2.32 bits per heavy atom. The molecule has 2 aromatic carbocycles. The van der Waals surface area contributed by atoms with Gasteiger partial charge in [0.25, 0.3) is 0 Å². The lowest BCUT2D eigenvalue weighted by Crippen LogP contribution is -2.23. The zero-order valence-corrected chi connectivity index (χ0v) is 17.7. The molecule has 2 rings (SSSR count). The van der Waals surface area contributed by atoms with Crippen molar-refractivity contribution in [3.63, 3.8) is 0 Å². The number of nitrogens with one attached hydrogen (secondary N) is 1. The fourth-order valence-electron chi connectivity index (χ4n) is 2.35. The van der Waals surface area contributed by atoms with Gasteiger partial charge in [-0.1, -0.05) is 46.4 Å². The summed E-state index contributed by atoms with van der Waals surface area (Å²) in [7, 11) is 0. The van der Waals surface area contributed by atoms with E-state index in [1.54, 1.807) is 30.3 Å². The number of halogens is 4. The molecule has 0 heterocycles. The molecule has 150 valence electrons. The third kappa shape index (κ3) is 7.15. The molecule has 3 N–H and O–H groups in total. The van der Waals surface area contributed by atoms with Crippen molar-refractivity contribution in [1.82, 2.24) is 5.32 Å². The monoisotopic (exact) mass is 462 g/mol. The van der Waals surface area contributed by atoms with Crippen molar-refractivity contribution in [2.24, 2.45) is 5.73 Å². The van der Waals surface area contributed by atoms with Gasteiger partial charge in [0.2, 0.25) is 5.91 Å². The Labute approximate surface area is 183 Å². The number of carbonyl (C=O) groups excluding carboxylic acids is 2. The van der Waals surface area contributed by atoms with Gasteiger partial charge < -0.3 is 10.1 Å². The van der Waals surface area contributed by atoms with E-state index in [1.807, 2.05) is 0 Å². The van der Waals surface area contributed by atoms with E-state index in [0.29, 0.717) is 37.6 Å². The summed E-state index contributed by atoms with van der Waals surface area (Å²) in [4.78, 5) is 23.8. The van der Waals surface area contributed by atoms with Crippen molar-refractivity contribution in [3.05, 3.63) is 67.6 Å². The van der Waals surface area contributed by atoms with Gasteiger partial charge in [-0.2, -0.15) is 0 Å². The van der Waals surface area contributed by atoms with Crippen LogP contribution in [0.3, 0.4) is 0 Å². The van der Waals surface area contributed by atoms with Crippen molar-refractivity contribution in [2.75, 3.05) is 0 Å². The predicted octanol–water partition coefficient (Wildman–Crippen LogP) is 5.29. The van der Waals surface area contributed by atoms with Crippen molar-refractivity contribution in [3.8, 4) is 0 Å². The van der Waals surface area contributed by atoms with Crippen LogP contribution in [0.2, 0.25) is 20.1 Å². The largest absolute Gasteiger partial charge is 0.442 e. The third-order valence-electron chi connectivity index (χ3n) is 3.79. The average molecular weight is 464 g/mol. The topological polar surface area (TPSA) is 81.4 Å². The first kappa shape index (κ1) is 22.8. The fraction of sp³-hybridized carbons (Fsp3) is 0.263. The van der Waals surface area contributed by atoms with Crippen LogP contribution >= 0.6 is 46.4 Å². The highest BCUT2D eigenvalue weighted by molar-refractivity contribution is 6.34. The van der Waals surface area contributed by atoms with Gasteiger partial charge in [-0.3, -0.25) is 15.3 Å². The van der Waals surface area contributed by atoms with E-state index in [0.717, 1.165) is 0 Å². The van der Waals surface area contributed by atoms with E-state index >= 15 is 0 Å². The molecule has 0 fully saturated rings. The van der Waals surface area contributed by atoms with E-state index < -0.39 is 12.2 Å². The zero-order chi connectivity index (χ0) is 20.7. The second-order valence-electron chi connectivity index (χ2n) is 5.94. The molecule has 28 heavy (non-hydrogen) atoms. The molecular weight excluding hydrogens is 446 g/mol. The Kier molecular flexibility index (Phi) is 8.86. The SMILES string of the molecule is NC(OC(=O)CCCC(=O)NCc1cc(Cl)ccc1Cl)c1cc(Cl)ccc1Cl. The molecule has 5 nitrogen and oxygen atoms in total. The van der Waals surface area contributed by atoms with Gasteiger partial charge >= 0.3 is 5.97 Å². The van der Waals surface area contributed by atoms with Crippen LogP contribution in [0.1, 0.15) is 36.6 Å². The van der Waals surface area contributed by atoms with Crippen molar-refractivity contribution in [2.45, 2.75) is 32.0 Å². The minimum Gasteiger partial charge on any atom is -0.442 e. The highest BCUT2D eigenvalue weighted by atomic mass is 35.5. The number of nitrogens with two attached hydrogens (primary N) is 1. The number of hydrogen-bond donors (Lipinski definition) is 2. The lowest BCUT2D eigenvalue weighted by molar-refractivity contribution is -0.149. The van der Waals surface area contributed by atoms with Crippen LogP contribution in [0.5, 0.6) is 0 Å². The Hall–Kier alpha value is -1.50. The summed E-state index contributed by atoms with van der Waals surface area (Å²) < 4.78 is 5.14. The molecule has 2 aromatic rings. The maximum atomic E-state index is 11.9. The molecule has 0 saturated carbocycles. The molecule has 0 aliphatic heterocycles. The Balaban J connectivity index is 1.73. The fourth-order valence-corrected chi connectivity index (χ4v) is 3.14. The van der Waals surface area contributed by atoms with E-state index in [-0.39, 0.29) is 25.3 Å². The van der Waals surface area contributed by atoms with Crippen LogP contribution in [0.25, 0.3) is 0 Å². The average Bonchev–Trinajstić information content (AvgIpc) is 2.64. The third-order valence-corrected chi connectivity index (χ3v) is 4.97. The summed E-state index contributed by atoms with van der Waals surface area (Å²) in [6.07, 6.45) is -0.528. The number of ether oxygens (including phenoxy) is 1. The minimum atomic E-state index is -1.03. The van der Waals surface area contributed by atoms with Crippen LogP contribution < -0.4 is 11.1 Å². The van der Waals surface area contributed by atoms with Gasteiger partial charge in [0.15, 0.2) is 6.23 Å². The van der Waals surface area contributed by atoms with Crippen molar-refractivity contribution in [1.29, 1.82) is 0 Å². The maximum Gasteiger partial charge on any atom is 0.307 e. The Bertz CT molecular complexity index is 861. The Morgan fingerprint density at radius 1 is 0.964 bits per heavy atom. The highest BCUT2D eigenvalue weighted by Gasteiger charge is 2.16. The lowest BCUT2D eigenvalue weighted by Gasteiger charge is -2.15. The maximum absolute atomic E-state index is 11.9. The second kappa shape index (κ2) is 10.9. The number of esters is 1. The van der Waals surface area contributed by atoms with Crippen LogP contribution in [0.4, 0.5) is 0 Å². The van der Waals surface area contributed by atoms with Crippen molar-refractivity contribution < 1.29 is 14.3 Å². The minimum absolute atomic E-state index is 0.0389. The molecule has 1 amide bonds. The van der Waals surface area contributed by atoms with E-state index in [4.69, 9.17) is 56.9 Å². The summed E-state index contributed by atoms with van der Waals surface area (Å²) in [6, 6.07) is 9.74. The molecule has 1 unspecified atom stereocenters. The summed E-state index contributed by atoms with van der Waals surface area (Å²) in [6.45, 7) is 0.251. The first-order valence-electron chi connectivity index (χ1n) is 8.37. The normalized spacial score (nSPS) is 11.8. The zero-order valence-electron chi connectivity index (χ0n) is 14.7. The summed E-state index contributed by atoms with van der Waals surface area (Å²) >= 11 is 23.9. The second-order valence-corrected chi connectivity index (χ2v) is 7.63. The summed E-state index contributed by atoms with van der Waals surface area (Å²) in [5.41, 5.74) is 6.98. The highest BCUT2D eigenvalue weighted by Crippen LogP contribution is 2.26. The molecule has 0 aliphatic carbocycles. The van der Waals surface area contributed by atoms with Gasteiger partial charge in [-0.05, 0) is 48.4 Å². The number of carbonyl (C=O) groups is 2. The van der Waals surface area contributed by atoms with Crippen LogP contribution in [-0.4, -0.2) is 11.9 Å². The summed E-state index contributed by atoms with van der Waals surface area (Å²) in [5.74, 6) is -0.750. The molecule has 0 bridgehead atoms. The van der Waals surface area contributed by atoms with Gasteiger partial charge in [0, 0.05) is 45.0 Å². The molecule has 1 atom stereocenters. The van der Waals surface area contributed by atoms with Gasteiger partial charge in [-0.15, -0.1) is 0 Å². The number of amides is 1. The van der Waals surface area contributed by atoms with Crippen molar-refractivity contribution >= 4 is 58.3 Å². The van der Waals surface area contributed by atoms with Gasteiger partial charge in [0.1, 0.15) is 0 Å². The van der Waals surface area contributed by atoms with Crippen LogP contribution in [0, 0.1) is 0 Å². The Morgan fingerprint density at radius 2 is 1.61 bits per heavy atom. The molecule has 0 aliphatic rings. The van der Waals surface area contributed by atoms with E-state index in [2.05, 4.69) is 5.32 Å². The molecule has 0 aromatic heterocycles. The van der Waals surface area contributed by atoms with E-state index in [9.17, 15) is 9.59 Å². The molecular formula is C19H18Cl4N2O3. The summed E-state index contributed by atoms with van der Waals surface area (Å²) in [5, 5.41) is 4.56. The molecule has 0 radical (unpaired) electrons. The molecule has 0 spiro atoms. The van der Waals surface area contributed by atoms with Crippen LogP contribution in [0.15, 0.2) is 36.4 Å². The first-order chi connectivity index (χ1) is 13.3. The standard InChI is InChI=1S/C19H18Cl4N2O3/c20-12-4-6-15(22)11(8-12)10-25-17(26)2-1-3-18(27)28-19(24)14-9-13(21)5-7-16(14)23/h4-9,19H,1-3,10,24H2,(H,25,26). The lowest BCUT2D eigenvalue weighted by atomic mass is 10.2.